The molecule has 0 aliphatic rings. The van der Waals surface area contributed by atoms with Gasteiger partial charge in [-0.1, -0.05) is 12.1 Å². The van der Waals surface area contributed by atoms with Crippen LogP contribution in [0.25, 0.3) is 33.2 Å². The SMILES string of the molecule is Cc1ccc2cc(-c3csc(-c4ccco4)n3)oc2c1. The van der Waals surface area contributed by atoms with Gasteiger partial charge in [0.15, 0.2) is 16.5 Å². The molecule has 98 valence electrons. The molecule has 0 saturated heterocycles. The number of rotatable bonds is 2. The van der Waals surface area contributed by atoms with Crippen molar-refractivity contribution in [3.05, 3.63) is 53.6 Å². The van der Waals surface area contributed by atoms with Crippen molar-refractivity contribution in [3.8, 4) is 22.2 Å². The highest BCUT2D eigenvalue weighted by atomic mass is 32.1. The molecule has 4 aromatic rings. The summed E-state index contributed by atoms with van der Waals surface area (Å²) in [5.74, 6) is 1.58. The van der Waals surface area contributed by atoms with Gasteiger partial charge >= 0.3 is 0 Å². The molecule has 0 N–H and O–H groups in total. The number of aromatic nitrogens is 1. The molecule has 0 aliphatic carbocycles. The quantitative estimate of drug-likeness (QED) is 0.511. The maximum atomic E-state index is 5.88. The smallest absolute Gasteiger partial charge is 0.162 e. The average molecular weight is 281 g/mol. The molecule has 1 aromatic carbocycles. The number of furan rings is 2. The second-order valence-corrected chi connectivity index (χ2v) is 5.53. The molecule has 0 bridgehead atoms. The van der Waals surface area contributed by atoms with Crippen LogP contribution in [0.2, 0.25) is 0 Å². The number of thiazole rings is 1. The van der Waals surface area contributed by atoms with Crippen molar-refractivity contribution in [1.82, 2.24) is 4.98 Å². The summed E-state index contributed by atoms with van der Waals surface area (Å²) in [4.78, 5) is 4.57. The fourth-order valence-electron chi connectivity index (χ4n) is 2.16. The van der Waals surface area contributed by atoms with Crippen LogP contribution in [-0.4, -0.2) is 4.98 Å². The summed E-state index contributed by atoms with van der Waals surface area (Å²) >= 11 is 1.55. The summed E-state index contributed by atoms with van der Waals surface area (Å²) in [6.45, 7) is 2.06. The largest absolute Gasteiger partial charge is 0.462 e. The van der Waals surface area contributed by atoms with Crippen LogP contribution in [0.5, 0.6) is 0 Å². The first-order valence-corrected chi connectivity index (χ1v) is 7.17. The Labute approximate surface area is 119 Å². The van der Waals surface area contributed by atoms with Gasteiger partial charge in [-0.15, -0.1) is 11.3 Å². The second-order valence-electron chi connectivity index (χ2n) is 4.67. The summed E-state index contributed by atoms with van der Waals surface area (Å²) in [5.41, 5.74) is 2.93. The van der Waals surface area contributed by atoms with E-state index in [0.717, 1.165) is 33.2 Å². The minimum absolute atomic E-state index is 0.785. The molecule has 0 aliphatic heterocycles. The molecule has 4 rings (SSSR count). The molecule has 20 heavy (non-hydrogen) atoms. The summed E-state index contributed by atoms with van der Waals surface area (Å²) in [5, 5.41) is 3.95. The van der Waals surface area contributed by atoms with E-state index < -0.39 is 0 Å². The predicted molar refractivity (Wildman–Crippen MR) is 79.8 cm³/mol. The van der Waals surface area contributed by atoms with E-state index in [4.69, 9.17) is 8.83 Å². The van der Waals surface area contributed by atoms with Gasteiger partial charge in [0, 0.05) is 10.8 Å². The van der Waals surface area contributed by atoms with Crippen LogP contribution in [-0.2, 0) is 0 Å². The van der Waals surface area contributed by atoms with Gasteiger partial charge in [0.25, 0.3) is 0 Å². The van der Waals surface area contributed by atoms with Crippen LogP contribution in [0.1, 0.15) is 5.56 Å². The molecule has 0 radical (unpaired) electrons. The number of fused-ring (bicyclic) bond motifs is 1. The highest BCUT2D eigenvalue weighted by molar-refractivity contribution is 7.13. The van der Waals surface area contributed by atoms with Crippen LogP contribution in [0.4, 0.5) is 0 Å². The molecular formula is C16H11NO2S. The lowest BCUT2D eigenvalue weighted by atomic mass is 10.2. The van der Waals surface area contributed by atoms with Crippen molar-refractivity contribution in [2.24, 2.45) is 0 Å². The Morgan fingerprint density at radius 1 is 1.10 bits per heavy atom. The third-order valence-corrected chi connectivity index (χ3v) is 4.02. The van der Waals surface area contributed by atoms with Gasteiger partial charge in [-0.3, -0.25) is 0 Å². The van der Waals surface area contributed by atoms with E-state index >= 15 is 0 Å². The monoisotopic (exact) mass is 281 g/mol. The number of aryl methyl sites for hydroxylation is 1. The molecule has 0 fully saturated rings. The number of hydrogen-bond acceptors (Lipinski definition) is 4. The van der Waals surface area contributed by atoms with Crippen LogP contribution in [0, 0.1) is 6.92 Å². The zero-order valence-electron chi connectivity index (χ0n) is 10.8. The average Bonchev–Trinajstić information content (AvgIpc) is 3.17. The van der Waals surface area contributed by atoms with Crippen molar-refractivity contribution in [1.29, 1.82) is 0 Å². The summed E-state index contributed by atoms with van der Waals surface area (Å²) < 4.78 is 11.2. The zero-order chi connectivity index (χ0) is 13.5. The third-order valence-electron chi connectivity index (χ3n) is 3.16. The first kappa shape index (κ1) is 11.5. The van der Waals surface area contributed by atoms with Crippen molar-refractivity contribution in [2.75, 3.05) is 0 Å². The maximum absolute atomic E-state index is 5.88. The Balaban J connectivity index is 1.79. The lowest BCUT2D eigenvalue weighted by Crippen LogP contribution is -1.74. The predicted octanol–water partition coefficient (Wildman–Crippen LogP) is 5.12. The van der Waals surface area contributed by atoms with Gasteiger partial charge in [0.1, 0.15) is 11.3 Å². The van der Waals surface area contributed by atoms with Crippen LogP contribution >= 0.6 is 11.3 Å². The lowest BCUT2D eigenvalue weighted by Gasteiger charge is -1.90. The normalized spacial score (nSPS) is 11.2. The van der Waals surface area contributed by atoms with E-state index in [1.165, 1.54) is 5.56 Å². The van der Waals surface area contributed by atoms with Gasteiger partial charge in [-0.2, -0.15) is 0 Å². The van der Waals surface area contributed by atoms with E-state index in [0.29, 0.717) is 0 Å². The summed E-state index contributed by atoms with van der Waals surface area (Å²) in [6.07, 6.45) is 1.65. The van der Waals surface area contributed by atoms with Gasteiger partial charge in [0.2, 0.25) is 0 Å². The minimum Gasteiger partial charge on any atom is -0.462 e. The highest BCUT2D eigenvalue weighted by Crippen LogP contribution is 2.32. The standard InChI is InChI=1S/C16H11NO2S/c1-10-4-5-11-8-15(19-14(11)7-10)12-9-20-16(17-12)13-3-2-6-18-13/h2-9H,1H3. The Morgan fingerprint density at radius 3 is 2.90 bits per heavy atom. The molecule has 0 atom stereocenters. The molecule has 3 nitrogen and oxygen atoms in total. The Hall–Kier alpha value is -2.33. The summed E-state index contributed by atoms with van der Waals surface area (Å²) in [6, 6.07) is 12.0. The Bertz CT molecular complexity index is 871. The van der Waals surface area contributed by atoms with Crippen molar-refractivity contribution >= 4 is 22.3 Å². The molecule has 0 spiro atoms. The molecule has 3 aromatic heterocycles. The van der Waals surface area contributed by atoms with Gasteiger partial charge < -0.3 is 8.83 Å². The second kappa shape index (κ2) is 4.35. The molecule has 0 unspecified atom stereocenters. The third kappa shape index (κ3) is 1.85. The fraction of sp³-hybridized carbons (Fsp3) is 0.0625. The minimum atomic E-state index is 0.785. The number of hydrogen-bond donors (Lipinski definition) is 0. The van der Waals surface area contributed by atoms with Crippen LogP contribution in [0.3, 0.4) is 0 Å². The van der Waals surface area contributed by atoms with Crippen LogP contribution < -0.4 is 0 Å². The van der Waals surface area contributed by atoms with E-state index in [1.807, 2.05) is 29.6 Å². The van der Waals surface area contributed by atoms with Crippen LogP contribution in [0.15, 0.2) is 56.9 Å². The van der Waals surface area contributed by atoms with E-state index in [-0.39, 0.29) is 0 Å². The van der Waals surface area contributed by atoms with Crippen molar-refractivity contribution < 1.29 is 8.83 Å². The molecule has 3 heterocycles. The van der Waals surface area contributed by atoms with Gasteiger partial charge in [0.05, 0.1) is 6.26 Å². The first-order chi connectivity index (χ1) is 9.79. The van der Waals surface area contributed by atoms with Crippen molar-refractivity contribution in [2.45, 2.75) is 6.92 Å². The van der Waals surface area contributed by atoms with Crippen molar-refractivity contribution in [3.63, 3.8) is 0 Å². The van der Waals surface area contributed by atoms with Gasteiger partial charge in [-0.05, 0) is 36.8 Å². The van der Waals surface area contributed by atoms with E-state index in [1.54, 1.807) is 17.6 Å². The fourth-order valence-corrected chi connectivity index (χ4v) is 2.94. The highest BCUT2D eigenvalue weighted by Gasteiger charge is 2.12. The molecule has 0 amide bonds. The summed E-state index contributed by atoms with van der Waals surface area (Å²) in [7, 11) is 0. The first-order valence-electron chi connectivity index (χ1n) is 6.29. The maximum Gasteiger partial charge on any atom is 0.162 e. The van der Waals surface area contributed by atoms with E-state index in [2.05, 4.69) is 24.0 Å². The molecule has 0 saturated carbocycles. The zero-order valence-corrected chi connectivity index (χ0v) is 11.6. The lowest BCUT2D eigenvalue weighted by molar-refractivity contribution is 0.581. The van der Waals surface area contributed by atoms with E-state index in [9.17, 15) is 0 Å². The molecule has 4 heteroatoms. The Morgan fingerprint density at radius 2 is 2.05 bits per heavy atom. The topological polar surface area (TPSA) is 39.2 Å². The number of benzene rings is 1. The molecular weight excluding hydrogens is 270 g/mol. The van der Waals surface area contributed by atoms with Gasteiger partial charge in [-0.25, -0.2) is 4.98 Å². The Kier molecular flexibility index (Phi) is 2.50. The number of nitrogens with zero attached hydrogens (tertiary/aromatic N) is 1.